The standard InChI is InChI=1S/C12H23NO3/c1-3-9-7-12(5-6-16-9,8-11(14)15)10(13)4-2/h9-10H,3-8,13H2,1-2H3,(H,14,15). The van der Waals surface area contributed by atoms with E-state index in [-0.39, 0.29) is 24.0 Å². The summed E-state index contributed by atoms with van der Waals surface area (Å²) in [5.74, 6) is -0.749. The van der Waals surface area contributed by atoms with Gasteiger partial charge in [-0.1, -0.05) is 13.8 Å². The Morgan fingerprint density at radius 3 is 2.81 bits per heavy atom. The zero-order chi connectivity index (χ0) is 12.2. The highest BCUT2D eigenvalue weighted by Crippen LogP contribution is 2.41. The third-order valence-electron chi connectivity index (χ3n) is 3.77. The molecule has 0 spiro atoms. The molecule has 1 saturated heterocycles. The molecule has 3 unspecified atom stereocenters. The average Bonchev–Trinajstić information content (AvgIpc) is 2.27. The number of nitrogens with two attached hydrogens (primary N) is 1. The summed E-state index contributed by atoms with van der Waals surface area (Å²) in [5.41, 5.74) is 5.86. The molecule has 1 aliphatic rings. The molecule has 3 atom stereocenters. The summed E-state index contributed by atoms with van der Waals surface area (Å²) in [6.45, 7) is 4.73. The molecule has 4 nitrogen and oxygen atoms in total. The van der Waals surface area contributed by atoms with E-state index in [4.69, 9.17) is 15.6 Å². The Hall–Kier alpha value is -0.610. The van der Waals surface area contributed by atoms with Crippen molar-refractivity contribution in [3.63, 3.8) is 0 Å². The van der Waals surface area contributed by atoms with Crippen LogP contribution >= 0.6 is 0 Å². The molecule has 16 heavy (non-hydrogen) atoms. The summed E-state index contributed by atoms with van der Waals surface area (Å²) in [4.78, 5) is 11.0. The van der Waals surface area contributed by atoms with Gasteiger partial charge in [-0.15, -0.1) is 0 Å². The van der Waals surface area contributed by atoms with E-state index < -0.39 is 5.97 Å². The van der Waals surface area contributed by atoms with Gasteiger partial charge >= 0.3 is 5.97 Å². The number of rotatable bonds is 5. The molecule has 4 heteroatoms. The SMILES string of the molecule is CCC1CC(CC(=O)O)(C(N)CC)CCO1. The number of aliphatic carboxylic acids is 1. The molecule has 1 fully saturated rings. The Kier molecular flexibility index (Phi) is 4.74. The van der Waals surface area contributed by atoms with Gasteiger partial charge in [0, 0.05) is 18.1 Å². The molecule has 0 bridgehead atoms. The van der Waals surface area contributed by atoms with E-state index in [9.17, 15) is 4.79 Å². The van der Waals surface area contributed by atoms with E-state index in [2.05, 4.69) is 6.92 Å². The highest BCUT2D eigenvalue weighted by molar-refractivity contribution is 5.68. The molecule has 0 aromatic rings. The van der Waals surface area contributed by atoms with Gasteiger partial charge in [-0.3, -0.25) is 4.79 Å². The molecule has 0 aliphatic carbocycles. The van der Waals surface area contributed by atoms with Crippen molar-refractivity contribution in [2.24, 2.45) is 11.1 Å². The molecule has 94 valence electrons. The first-order valence-corrected chi connectivity index (χ1v) is 6.13. The first kappa shape index (κ1) is 13.5. The summed E-state index contributed by atoms with van der Waals surface area (Å²) >= 11 is 0. The molecule has 0 saturated carbocycles. The maximum Gasteiger partial charge on any atom is 0.303 e. The lowest BCUT2D eigenvalue weighted by Gasteiger charge is -2.43. The quantitative estimate of drug-likeness (QED) is 0.753. The van der Waals surface area contributed by atoms with Crippen molar-refractivity contribution in [3.05, 3.63) is 0 Å². The summed E-state index contributed by atoms with van der Waals surface area (Å²) in [6, 6.07) is -0.0402. The minimum absolute atomic E-state index is 0.0402. The number of carbonyl (C=O) groups is 1. The van der Waals surface area contributed by atoms with Crippen LogP contribution in [0.1, 0.15) is 46.0 Å². The number of hydrogen-bond donors (Lipinski definition) is 2. The molecular formula is C12H23NO3. The van der Waals surface area contributed by atoms with Crippen molar-refractivity contribution in [3.8, 4) is 0 Å². The third-order valence-corrected chi connectivity index (χ3v) is 3.77. The fourth-order valence-corrected chi connectivity index (χ4v) is 2.67. The van der Waals surface area contributed by atoms with E-state index >= 15 is 0 Å². The average molecular weight is 229 g/mol. The number of carboxylic acids is 1. The first-order valence-electron chi connectivity index (χ1n) is 6.13. The maximum absolute atomic E-state index is 11.0. The number of carboxylic acid groups (broad SMARTS) is 1. The fourth-order valence-electron chi connectivity index (χ4n) is 2.67. The van der Waals surface area contributed by atoms with Crippen LogP contribution in [-0.4, -0.2) is 29.8 Å². The summed E-state index contributed by atoms with van der Waals surface area (Å²) in [5, 5.41) is 9.04. The predicted octanol–water partition coefficient (Wildman–Crippen LogP) is 1.77. The molecule has 0 amide bonds. The smallest absolute Gasteiger partial charge is 0.303 e. The van der Waals surface area contributed by atoms with Crippen molar-refractivity contribution in [2.75, 3.05) is 6.61 Å². The molecule has 1 rings (SSSR count). The van der Waals surface area contributed by atoms with Gasteiger partial charge in [0.2, 0.25) is 0 Å². The lowest BCUT2D eigenvalue weighted by atomic mass is 9.69. The molecule has 3 N–H and O–H groups in total. The molecule has 1 aliphatic heterocycles. The molecule has 1 heterocycles. The third kappa shape index (κ3) is 2.95. The zero-order valence-electron chi connectivity index (χ0n) is 10.2. The van der Waals surface area contributed by atoms with E-state index in [0.717, 1.165) is 25.7 Å². The molecular weight excluding hydrogens is 206 g/mol. The zero-order valence-corrected chi connectivity index (χ0v) is 10.2. The largest absolute Gasteiger partial charge is 0.481 e. The highest BCUT2D eigenvalue weighted by atomic mass is 16.5. The van der Waals surface area contributed by atoms with Gasteiger partial charge in [0.25, 0.3) is 0 Å². The van der Waals surface area contributed by atoms with Crippen LogP contribution in [-0.2, 0) is 9.53 Å². The second-order valence-corrected chi connectivity index (χ2v) is 4.80. The molecule has 0 aromatic heterocycles. The second kappa shape index (κ2) is 5.64. The first-order chi connectivity index (χ1) is 7.54. The van der Waals surface area contributed by atoms with Gasteiger partial charge in [0.05, 0.1) is 12.5 Å². The van der Waals surface area contributed by atoms with Crippen LogP contribution < -0.4 is 5.73 Å². The van der Waals surface area contributed by atoms with Crippen molar-refractivity contribution in [1.29, 1.82) is 0 Å². The Labute approximate surface area is 97.2 Å². The van der Waals surface area contributed by atoms with Gasteiger partial charge in [-0.25, -0.2) is 0 Å². The van der Waals surface area contributed by atoms with E-state index in [1.165, 1.54) is 0 Å². The Morgan fingerprint density at radius 1 is 1.62 bits per heavy atom. The van der Waals surface area contributed by atoms with Crippen LogP contribution in [0.2, 0.25) is 0 Å². The van der Waals surface area contributed by atoms with Crippen molar-refractivity contribution in [1.82, 2.24) is 0 Å². The second-order valence-electron chi connectivity index (χ2n) is 4.80. The van der Waals surface area contributed by atoms with Gasteiger partial charge < -0.3 is 15.6 Å². The van der Waals surface area contributed by atoms with Crippen molar-refractivity contribution < 1.29 is 14.6 Å². The van der Waals surface area contributed by atoms with Crippen LogP contribution in [0.25, 0.3) is 0 Å². The van der Waals surface area contributed by atoms with Gasteiger partial charge in [0.1, 0.15) is 0 Å². The van der Waals surface area contributed by atoms with E-state index in [1.54, 1.807) is 0 Å². The number of hydrogen-bond acceptors (Lipinski definition) is 3. The highest BCUT2D eigenvalue weighted by Gasteiger charge is 2.42. The van der Waals surface area contributed by atoms with Gasteiger partial charge in [-0.2, -0.15) is 0 Å². The minimum Gasteiger partial charge on any atom is -0.481 e. The lowest BCUT2D eigenvalue weighted by molar-refractivity contribution is -0.144. The lowest BCUT2D eigenvalue weighted by Crippen LogP contribution is -2.48. The predicted molar refractivity (Wildman–Crippen MR) is 62.2 cm³/mol. The van der Waals surface area contributed by atoms with Gasteiger partial charge in [0.15, 0.2) is 0 Å². The van der Waals surface area contributed by atoms with Crippen molar-refractivity contribution >= 4 is 5.97 Å². The van der Waals surface area contributed by atoms with Crippen molar-refractivity contribution in [2.45, 2.75) is 58.1 Å². The normalized spacial score (nSPS) is 32.3. The number of ether oxygens (including phenoxy) is 1. The fraction of sp³-hybridized carbons (Fsp3) is 0.917. The topological polar surface area (TPSA) is 72.5 Å². The summed E-state index contributed by atoms with van der Waals surface area (Å²) in [6.07, 6.45) is 3.64. The van der Waals surface area contributed by atoms with E-state index in [0.29, 0.717) is 6.61 Å². The van der Waals surface area contributed by atoms with Crippen LogP contribution in [0.15, 0.2) is 0 Å². The minimum atomic E-state index is -0.749. The van der Waals surface area contributed by atoms with Crippen LogP contribution in [0.4, 0.5) is 0 Å². The summed E-state index contributed by atoms with van der Waals surface area (Å²) in [7, 11) is 0. The van der Waals surface area contributed by atoms with Crippen LogP contribution in [0.3, 0.4) is 0 Å². The Balaban J connectivity index is 2.80. The Morgan fingerprint density at radius 2 is 2.31 bits per heavy atom. The maximum atomic E-state index is 11.0. The Bertz CT molecular complexity index is 244. The summed E-state index contributed by atoms with van der Waals surface area (Å²) < 4.78 is 5.61. The monoisotopic (exact) mass is 229 g/mol. The molecule has 0 radical (unpaired) electrons. The van der Waals surface area contributed by atoms with Gasteiger partial charge in [-0.05, 0) is 25.7 Å². The molecule has 0 aromatic carbocycles. The van der Waals surface area contributed by atoms with Crippen LogP contribution in [0.5, 0.6) is 0 Å². The van der Waals surface area contributed by atoms with Crippen LogP contribution in [0, 0.1) is 5.41 Å². The van der Waals surface area contributed by atoms with E-state index in [1.807, 2.05) is 6.92 Å².